The van der Waals surface area contributed by atoms with Crippen LogP contribution in [0.2, 0.25) is 5.02 Å². The van der Waals surface area contributed by atoms with E-state index < -0.39 is 0 Å². The molecule has 1 aliphatic heterocycles. The Morgan fingerprint density at radius 1 is 1.29 bits per heavy atom. The fourth-order valence-corrected chi connectivity index (χ4v) is 4.12. The maximum atomic E-state index is 12.5. The Morgan fingerprint density at radius 3 is 2.89 bits per heavy atom. The second-order valence-electron chi connectivity index (χ2n) is 6.62. The Kier molecular flexibility index (Phi) is 5.57. The third kappa shape index (κ3) is 4.16. The van der Waals surface area contributed by atoms with Crippen molar-refractivity contribution < 1.29 is 9.90 Å². The second-order valence-corrected chi connectivity index (χ2v) is 7.88. The summed E-state index contributed by atoms with van der Waals surface area (Å²) >= 11 is 7.54. The zero-order valence-corrected chi connectivity index (χ0v) is 16.6. The number of piperidine rings is 1. The number of β-amino-alcohol motifs (C(OH)–C–C–N with tert-alkyl or cyclic N) is 1. The van der Waals surface area contributed by atoms with Crippen molar-refractivity contribution in [3.05, 3.63) is 58.7 Å². The van der Waals surface area contributed by atoms with Gasteiger partial charge in [-0.25, -0.2) is 9.97 Å². The van der Waals surface area contributed by atoms with Gasteiger partial charge in [0.2, 0.25) is 0 Å². The molecule has 4 rings (SSSR count). The molecule has 2 N–H and O–H groups in total. The molecule has 0 aliphatic carbocycles. The zero-order chi connectivity index (χ0) is 19.5. The van der Waals surface area contributed by atoms with E-state index in [1.807, 2.05) is 29.6 Å². The van der Waals surface area contributed by atoms with Crippen LogP contribution in [-0.4, -0.2) is 40.2 Å². The number of benzene rings is 1. The molecule has 144 valence electrons. The van der Waals surface area contributed by atoms with Crippen molar-refractivity contribution in [3.63, 3.8) is 0 Å². The summed E-state index contributed by atoms with van der Waals surface area (Å²) < 4.78 is 0. The van der Waals surface area contributed by atoms with Crippen molar-refractivity contribution in [2.45, 2.75) is 18.9 Å². The molecule has 3 heterocycles. The van der Waals surface area contributed by atoms with Crippen molar-refractivity contribution in [1.82, 2.24) is 9.97 Å². The van der Waals surface area contributed by atoms with E-state index in [9.17, 15) is 9.90 Å². The molecule has 1 amide bonds. The van der Waals surface area contributed by atoms with Crippen LogP contribution in [0.4, 0.5) is 10.8 Å². The number of anilines is 2. The van der Waals surface area contributed by atoms with E-state index in [2.05, 4.69) is 20.2 Å². The highest BCUT2D eigenvalue weighted by atomic mass is 35.5. The molecule has 8 heteroatoms. The Morgan fingerprint density at radius 2 is 2.14 bits per heavy atom. The molecule has 0 unspecified atom stereocenters. The monoisotopic (exact) mass is 414 g/mol. The number of amides is 1. The number of aromatic nitrogens is 2. The highest BCUT2D eigenvalue weighted by Gasteiger charge is 2.19. The third-order valence-electron chi connectivity index (χ3n) is 4.62. The van der Waals surface area contributed by atoms with Gasteiger partial charge >= 0.3 is 0 Å². The minimum Gasteiger partial charge on any atom is -0.391 e. The molecule has 1 atom stereocenters. The number of aliphatic hydroxyl groups excluding tert-OH is 1. The third-order valence-corrected chi connectivity index (χ3v) is 5.70. The minimum absolute atomic E-state index is 0.311. The summed E-state index contributed by atoms with van der Waals surface area (Å²) in [6.45, 7) is 1.48. The number of thiazole rings is 1. The van der Waals surface area contributed by atoms with Crippen LogP contribution in [0.5, 0.6) is 0 Å². The molecular formula is C20H19ClN4O2S. The molecule has 1 aromatic carbocycles. The number of hydrogen-bond donors (Lipinski definition) is 2. The van der Waals surface area contributed by atoms with E-state index in [4.69, 9.17) is 11.6 Å². The van der Waals surface area contributed by atoms with Crippen LogP contribution in [0.15, 0.2) is 48.0 Å². The number of nitrogens with one attached hydrogen (secondary N) is 1. The molecule has 28 heavy (non-hydrogen) atoms. The highest BCUT2D eigenvalue weighted by Crippen LogP contribution is 2.30. The van der Waals surface area contributed by atoms with Crippen LogP contribution in [0, 0.1) is 0 Å². The first-order valence-corrected chi connectivity index (χ1v) is 10.3. The minimum atomic E-state index is -0.315. The number of nitrogens with zero attached hydrogens (tertiary/aromatic N) is 3. The summed E-state index contributed by atoms with van der Waals surface area (Å²) in [5, 5.41) is 15.6. The van der Waals surface area contributed by atoms with Crippen molar-refractivity contribution in [2.75, 3.05) is 23.3 Å². The first-order valence-electron chi connectivity index (χ1n) is 9.01. The van der Waals surface area contributed by atoms with Crippen LogP contribution < -0.4 is 10.2 Å². The van der Waals surface area contributed by atoms with Gasteiger partial charge in [-0.3, -0.25) is 10.1 Å². The molecule has 1 fully saturated rings. The number of halogens is 1. The summed E-state index contributed by atoms with van der Waals surface area (Å²) in [6.07, 6.45) is 3.13. The SMILES string of the molecule is O=C(Nc1nc(-c2ccccc2Cl)cs1)c1ccc(N2CCC[C@@H](O)C2)cn1. The Hall–Kier alpha value is -2.48. The number of hydrogen-bond acceptors (Lipinski definition) is 6. The van der Waals surface area contributed by atoms with Crippen LogP contribution in [0.1, 0.15) is 23.3 Å². The Balaban J connectivity index is 1.43. The smallest absolute Gasteiger partial charge is 0.276 e. The zero-order valence-electron chi connectivity index (χ0n) is 15.0. The van der Waals surface area contributed by atoms with E-state index in [0.29, 0.717) is 22.4 Å². The lowest BCUT2D eigenvalue weighted by Gasteiger charge is -2.31. The molecule has 3 aromatic rings. The van der Waals surface area contributed by atoms with Crippen LogP contribution >= 0.6 is 22.9 Å². The number of aliphatic hydroxyl groups is 1. The maximum Gasteiger partial charge on any atom is 0.276 e. The van der Waals surface area contributed by atoms with Crippen molar-refractivity contribution in [2.24, 2.45) is 0 Å². The Labute approximate surface area is 171 Å². The van der Waals surface area contributed by atoms with Gasteiger partial charge < -0.3 is 10.0 Å². The van der Waals surface area contributed by atoms with Gasteiger partial charge in [0.1, 0.15) is 5.69 Å². The van der Waals surface area contributed by atoms with Gasteiger partial charge in [0.25, 0.3) is 5.91 Å². The lowest BCUT2D eigenvalue weighted by atomic mass is 10.1. The fraction of sp³-hybridized carbons (Fsp3) is 0.250. The van der Waals surface area contributed by atoms with Gasteiger partial charge in [-0.15, -0.1) is 11.3 Å². The van der Waals surface area contributed by atoms with Crippen LogP contribution in [0.25, 0.3) is 11.3 Å². The van der Waals surface area contributed by atoms with Crippen LogP contribution in [-0.2, 0) is 0 Å². The summed E-state index contributed by atoms with van der Waals surface area (Å²) in [5.41, 5.74) is 2.77. The number of pyridine rings is 1. The largest absolute Gasteiger partial charge is 0.391 e. The van der Waals surface area contributed by atoms with Gasteiger partial charge in [-0.05, 0) is 31.0 Å². The van der Waals surface area contributed by atoms with Gasteiger partial charge in [0.05, 0.1) is 23.7 Å². The van der Waals surface area contributed by atoms with E-state index in [1.54, 1.807) is 18.3 Å². The van der Waals surface area contributed by atoms with Gasteiger partial charge in [-0.2, -0.15) is 0 Å². The summed E-state index contributed by atoms with van der Waals surface area (Å²) in [4.78, 5) is 23.3. The molecule has 0 spiro atoms. The standard InChI is InChI=1S/C20H19ClN4O2S/c21-16-6-2-1-5-15(16)18-12-28-20(23-18)24-19(27)17-8-7-13(10-22-17)25-9-3-4-14(26)11-25/h1-2,5-8,10,12,14,26H,3-4,9,11H2,(H,23,24,27)/t14-/m1/s1. The first kappa shape index (κ1) is 18.9. The number of rotatable bonds is 4. The van der Waals surface area contributed by atoms with Gasteiger partial charge in [-0.1, -0.05) is 29.8 Å². The van der Waals surface area contributed by atoms with Gasteiger partial charge in [0, 0.05) is 29.1 Å². The molecule has 1 aliphatic rings. The molecular weight excluding hydrogens is 396 g/mol. The van der Waals surface area contributed by atoms with Crippen molar-refractivity contribution in [3.8, 4) is 11.3 Å². The van der Waals surface area contributed by atoms with Crippen LogP contribution in [0.3, 0.4) is 0 Å². The van der Waals surface area contributed by atoms with E-state index in [-0.39, 0.29) is 12.0 Å². The van der Waals surface area contributed by atoms with E-state index in [0.717, 1.165) is 36.3 Å². The second kappa shape index (κ2) is 8.26. The quantitative estimate of drug-likeness (QED) is 0.672. The van der Waals surface area contributed by atoms with Gasteiger partial charge in [0.15, 0.2) is 5.13 Å². The summed E-state index contributed by atoms with van der Waals surface area (Å²) in [7, 11) is 0. The van der Waals surface area contributed by atoms with E-state index in [1.165, 1.54) is 11.3 Å². The lowest BCUT2D eigenvalue weighted by Crippen LogP contribution is -2.38. The number of carbonyl (C=O) groups excluding carboxylic acids is 1. The van der Waals surface area contributed by atoms with Crippen molar-refractivity contribution in [1.29, 1.82) is 0 Å². The first-order chi connectivity index (χ1) is 13.6. The summed E-state index contributed by atoms with van der Waals surface area (Å²) in [6, 6.07) is 11.0. The molecule has 0 bridgehead atoms. The molecule has 2 aromatic heterocycles. The molecule has 0 radical (unpaired) electrons. The average Bonchev–Trinajstić information content (AvgIpc) is 3.16. The Bertz CT molecular complexity index is 976. The maximum absolute atomic E-state index is 12.5. The van der Waals surface area contributed by atoms with Crippen molar-refractivity contribution >= 4 is 39.7 Å². The normalized spacial score (nSPS) is 16.8. The average molecular weight is 415 g/mol. The molecule has 6 nitrogen and oxygen atoms in total. The topological polar surface area (TPSA) is 78.4 Å². The van der Waals surface area contributed by atoms with E-state index >= 15 is 0 Å². The summed E-state index contributed by atoms with van der Waals surface area (Å²) in [5.74, 6) is -0.315. The molecule has 1 saturated heterocycles. The predicted octanol–water partition coefficient (Wildman–Crippen LogP) is 4.07. The highest BCUT2D eigenvalue weighted by molar-refractivity contribution is 7.14. The lowest BCUT2D eigenvalue weighted by molar-refractivity contribution is 0.102. The predicted molar refractivity (Wildman–Crippen MR) is 112 cm³/mol. The number of carbonyl (C=O) groups is 1. The molecule has 0 saturated carbocycles. The fourth-order valence-electron chi connectivity index (χ4n) is 3.18.